The number of rotatable bonds is 8. The Morgan fingerprint density at radius 3 is 1.52 bits per heavy atom. The number of hydrogen-bond acceptors (Lipinski definition) is 6. The first-order valence-electron chi connectivity index (χ1n) is 7.52. The monoisotopic (exact) mass is 362 g/mol. The lowest BCUT2D eigenvalue weighted by Crippen LogP contribution is -2.34. The van der Waals surface area contributed by atoms with E-state index in [0.29, 0.717) is 11.1 Å². The lowest BCUT2D eigenvalue weighted by atomic mass is 10.2. The molecule has 0 aliphatic rings. The first kappa shape index (κ1) is 18.7. The third-order valence-electron chi connectivity index (χ3n) is 3.53. The number of para-hydroxylation sites is 2. The van der Waals surface area contributed by atoms with Crippen molar-refractivity contribution in [2.45, 2.75) is 26.3 Å². The summed E-state index contributed by atoms with van der Waals surface area (Å²) in [6.45, 7) is 3.67. The van der Waals surface area contributed by atoms with Gasteiger partial charge in [-0.2, -0.15) is 0 Å². The average Bonchev–Trinajstić information content (AvgIpc) is 2.58. The molecule has 0 heterocycles. The molecular formula is C16H18N2O6Si. The first-order valence-corrected chi connectivity index (χ1v) is 10.3. The molecule has 9 heteroatoms. The van der Waals surface area contributed by atoms with Gasteiger partial charge in [-0.3, -0.25) is 20.2 Å². The normalized spacial score (nSPS) is 11.3. The number of nitrogens with zero attached hydrogens (tertiary/aromatic N) is 2. The molecule has 0 saturated heterocycles. The van der Waals surface area contributed by atoms with E-state index in [1.165, 1.54) is 12.1 Å². The summed E-state index contributed by atoms with van der Waals surface area (Å²) in [7, 11) is -2.63. The predicted molar refractivity (Wildman–Crippen MR) is 93.3 cm³/mol. The van der Waals surface area contributed by atoms with Gasteiger partial charge < -0.3 is 8.85 Å². The fraction of sp³-hybridized carbons (Fsp3) is 0.250. The summed E-state index contributed by atoms with van der Waals surface area (Å²) in [5.74, 6) is 0. The Morgan fingerprint density at radius 2 is 1.16 bits per heavy atom. The van der Waals surface area contributed by atoms with Gasteiger partial charge in [0.2, 0.25) is 0 Å². The predicted octanol–water partition coefficient (Wildman–Crippen LogP) is 3.94. The summed E-state index contributed by atoms with van der Waals surface area (Å²) >= 11 is 0. The highest BCUT2D eigenvalue weighted by Crippen LogP contribution is 2.23. The van der Waals surface area contributed by atoms with Gasteiger partial charge in [0.15, 0.2) is 0 Å². The minimum absolute atomic E-state index is 0.00834. The summed E-state index contributed by atoms with van der Waals surface area (Å²) in [4.78, 5) is 21.1. The van der Waals surface area contributed by atoms with Crippen LogP contribution in [0.15, 0.2) is 48.5 Å². The van der Waals surface area contributed by atoms with Gasteiger partial charge in [-0.05, 0) is 25.2 Å². The lowest BCUT2D eigenvalue weighted by Gasteiger charge is -2.23. The number of nitro benzene ring substituents is 2. The van der Waals surface area contributed by atoms with Crippen molar-refractivity contribution in [2.75, 3.05) is 0 Å². The van der Waals surface area contributed by atoms with E-state index in [2.05, 4.69) is 0 Å². The van der Waals surface area contributed by atoms with Crippen LogP contribution in [0, 0.1) is 20.2 Å². The van der Waals surface area contributed by atoms with E-state index in [1.54, 1.807) is 49.5 Å². The van der Waals surface area contributed by atoms with E-state index in [0.717, 1.165) is 0 Å². The zero-order valence-corrected chi connectivity index (χ0v) is 14.9. The maximum Gasteiger partial charge on any atom is 0.332 e. The van der Waals surface area contributed by atoms with Crippen molar-refractivity contribution in [1.29, 1.82) is 0 Å². The second-order valence-electron chi connectivity index (χ2n) is 5.75. The van der Waals surface area contributed by atoms with Crippen LogP contribution in [0.25, 0.3) is 0 Å². The Hall–Kier alpha value is -2.62. The second kappa shape index (κ2) is 7.97. The smallest absolute Gasteiger partial charge is 0.332 e. The van der Waals surface area contributed by atoms with E-state index < -0.39 is 18.4 Å². The second-order valence-corrected chi connectivity index (χ2v) is 9.13. The molecule has 0 aromatic heterocycles. The van der Waals surface area contributed by atoms with E-state index >= 15 is 0 Å². The third-order valence-corrected chi connectivity index (χ3v) is 5.21. The van der Waals surface area contributed by atoms with Gasteiger partial charge in [0.25, 0.3) is 11.4 Å². The molecule has 0 spiro atoms. The van der Waals surface area contributed by atoms with Crippen molar-refractivity contribution in [2.24, 2.45) is 0 Å². The highest BCUT2D eigenvalue weighted by molar-refractivity contribution is 6.64. The van der Waals surface area contributed by atoms with E-state index in [9.17, 15) is 20.2 Å². The molecule has 2 aromatic carbocycles. The molecule has 0 saturated carbocycles. The summed E-state index contributed by atoms with van der Waals surface area (Å²) in [5, 5.41) is 22.0. The van der Waals surface area contributed by atoms with Crippen molar-refractivity contribution in [3.63, 3.8) is 0 Å². The molecule has 25 heavy (non-hydrogen) atoms. The van der Waals surface area contributed by atoms with Crippen LogP contribution in [-0.4, -0.2) is 18.4 Å². The molecule has 0 fully saturated rings. The Bertz CT molecular complexity index is 717. The molecule has 0 unspecified atom stereocenters. The highest BCUT2D eigenvalue weighted by Gasteiger charge is 2.27. The molecule has 8 nitrogen and oxygen atoms in total. The Labute approximate surface area is 145 Å². The minimum Gasteiger partial charge on any atom is -0.390 e. The summed E-state index contributed by atoms with van der Waals surface area (Å²) in [6.07, 6.45) is 0. The number of benzene rings is 2. The van der Waals surface area contributed by atoms with Crippen LogP contribution in [0.3, 0.4) is 0 Å². The Kier molecular flexibility index (Phi) is 5.96. The van der Waals surface area contributed by atoms with Crippen LogP contribution in [0.5, 0.6) is 0 Å². The van der Waals surface area contributed by atoms with Crippen molar-refractivity contribution in [1.82, 2.24) is 0 Å². The van der Waals surface area contributed by atoms with Crippen LogP contribution >= 0.6 is 0 Å². The van der Waals surface area contributed by atoms with Gasteiger partial charge in [-0.1, -0.05) is 24.3 Å². The highest BCUT2D eigenvalue weighted by atomic mass is 28.4. The van der Waals surface area contributed by atoms with E-state index in [4.69, 9.17) is 8.85 Å². The van der Waals surface area contributed by atoms with Crippen LogP contribution < -0.4 is 0 Å². The number of hydrogen-bond donors (Lipinski definition) is 0. The molecule has 0 radical (unpaired) electrons. The fourth-order valence-corrected chi connectivity index (χ4v) is 3.26. The molecule has 0 N–H and O–H groups in total. The molecule has 2 rings (SSSR count). The van der Waals surface area contributed by atoms with Gasteiger partial charge in [0.1, 0.15) is 0 Å². The van der Waals surface area contributed by atoms with Crippen LogP contribution in [0.1, 0.15) is 11.1 Å². The van der Waals surface area contributed by atoms with Gasteiger partial charge in [0.05, 0.1) is 34.2 Å². The molecule has 0 bridgehead atoms. The molecular weight excluding hydrogens is 344 g/mol. The standard InChI is InChI=1S/C16H18N2O6Si/c1-25(2,23-11-13-7-3-5-9-15(13)17(19)20)24-12-14-8-4-6-10-16(14)18(21)22/h3-10H,11-12H2,1-2H3. The fourth-order valence-electron chi connectivity index (χ4n) is 2.17. The minimum atomic E-state index is -2.63. The van der Waals surface area contributed by atoms with Crippen molar-refractivity contribution < 1.29 is 18.7 Å². The molecule has 2 aromatic rings. The SMILES string of the molecule is C[Si](C)(OCc1ccccc1[N+](=O)[O-])OCc1ccccc1[N+](=O)[O-]. The molecule has 0 aliphatic carbocycles. The molecule has 0 aliphatic heterocycles. The van der Waals surface area contributed by atoms with Gasteiger partial charge >= 0.3 is 8.56 Å². The number of nitro groups is 2. The first-order chi connectivity index (χ1) is 11.8. The maximum atomic E-state index is 11.0. The topological polar surface area (TPSA) is 105 Å². The summed E-state index contributed by atoms with van der Waals surface area (Å²) in [6, 6.07) is 12.7. The third kappa shape index (κ3) is 5.18. The van der Waals surface area contributed by atoms with Gasteiger partial charge in [-0.25, -0.2) is 0 Å². The zero-order chi connectivity index (χ0) is 18.4. The van der Waals surface area contributed by atoms with Crippen molar-refractivity contribution >= 4 is 19.9 Å². The molecule has 132 valence electrons. The molecule has 0 atom stereocenters. The van der Waals surface area contributed by atoms with Crippen molar-refractivity contribution in [3.05, 3.63) is 79.9 Å². The quantitative estimate of drug-likeness (QED) is 0.400. The van der Waals surface area contributed by atoms with Gasteiger partial charge in [-0.15, -0.1) is 0 Å². The Balaban J connectivity index is 2.01. The zero-order valence-electron chi connectivity index (χ0n) is 13.9. The summed E-state index contributed by atoms with van der Waals surface area (Å²) < 4.78 is 11.5. The van der Waals surface area contributed by atoms with E-state index in [1.807, 2.05) is 0 Å². The van der Waals surface area contributed by atoms with Crippen molar-refractivity contribution in [3.8, 4) is 0 Å². The molecule has 0 amide bonds. The van der Waals surface area contributed by atoms with Crippen LogP contribution in [-0.2, 0) is 22.1 Å². The maximum absolute atomic E-state index is 11.0. The van der Waals surface area contributed by atoms with Crippen LogP contribution in [0.2, 0.25) is 13.1 Å². The lowest BCUT2D eigenvalue weighted by molar-refractivity contribution is -0.385. The summed E-state index contributed by atoms with van der Waals surface area (Å²) in [5.41, 5.74) is 0.904. The van der Waals surface area contributed by atoms with Gasteiger partial charge in [0, 0.05) is 12.1 Å². The van der Waals surface area contributed by atoms with E-state index in [-0.39, 0.29) is 24.6 Å². The average molecular weight is 362 g/mol. The van der Waals surface area contributed by atoms with Crippen LogP contribution in [0.4, 0.5) is 11.4 Å². The largest absolute Gasteiger partial charge is 0.390 e. The Morgan fingerprint density at radius 1 is 0.800 bits per heavy atom.